The molecule has 0 radical (unpaired) electrons. The number of allylic oxidation sites excluding steroid dienone is 1. The first kappa shape index (κ1) is 21.9. The number of hydrogen-bond donors (Lipinski definition) is 1. The lowest BCUT2D eigenvalue weighted by atomic mass is 9.78. The van der Waals surface area contributed by atoms with Gasteiger partial charge in [-0.05, 0) is 75.7 Å². The second-order valence-corrected chi connectivity index (χ2v) is 10.9. The third kappa shape index (κ3) is 4.30. The Balaban J connectivity index is 1.10. The van der Waals surface area contributed by atoms with E-state index in [0.29, 0.717) is 11.7 Å². The molecule has 0 amide bonds. The number of oxazole rings is 2. The van der Waals surface area contributed by atoms with Crippen LogP contribution in [0.25, 0.3) is 17.2 Å². The lowest BCUT2D eigenvalue weighted by Crippen LogP contribution is -2.14. The number of nitrogens with zero attached hydrogens (tertiary/aromatic N) is 5. The van der Waals surface area contributed by atoms with Gasteiger partial charge in [-0.2, -0.15) is 0 Å². The summed E-state index contributed by atoms with van der Waals surface area (Å²) in [5.41, 5.74) is 5.03. The van der Waals surface area contributed by atoms with Crippen LogP contribution in [0.3, 0.4) is 0 Å². The van der Waals surface area contributed by atoms with Crippen molar-refractivity contribution in [3.05, 3.63) is 29.2 Å². The zero-order valence-electron chi connectivity index (χ0n) is 20.0. The fourth-order valence-corrected chi connectivity index (χ4v) is 6.23. The van der Waals surface area contributed by atoms with Crippen LogP contribution in [0.2, 0.25) is 0 Å². The predicted octanol–water partition coefficient (Wildman–Crippen LogP) is 5.66. The van der Waals surface area contributed by atoms with Gasteiger partial charge >= 0.3 is 0 Å². The highest BCUT2D eigenvalue weighted by Gasteiger charge is 2.31. The van der Waals surface area contributed by atoms with Crippen LogP contribution in [0.5, 0.6) is 0 Å². The van der Waals surface area contributed by atoms with E-state index in [4.69, 9.17) is 13.8 Å². The Morgan fingerprint density at radius 3 is 2.94 bits per heavy atom. The maximum absolute atomic E-state index is 6.13. The number of thioether (sulfide) groups is 1. The highest BCUT2D eigenvalue weighted by atomic mass is 32.2. The molecule has 1 aliphatic heterocycles. The molecule has 1 fully saturated rings. The van der Waals surface area contributed by atoms with Crippen molar-refractivity contribution < 1.29 is 8.83 Å². The molecule has 1 unspecified atom stereocenters. The molecule has 1 saturated carbocycles. The van der Waals surface area contributed by atoms with Crippen LogP contribution in [0.4, 0.5) is 5.88 Å². The van der Waals surface area contributed by atoms with Crippen LogP contribution in [-0.2, 0) is 13.5 Å². The van der Waals surface area contributed by atoms with Crippen molar-refractivity contribution in [3.63, 3.8) is 0 Å². The molecule has 6 rings (SSSR count). The third-order valence-electron chi connectivity index (χ3n) is 7.37. The van der Waals surface area contributed by atoms with E-state index in [1.54, 1.807) is 17.3 Å². The van der Waals surface area contributed by atoms with Crippen LogP contribution in [0, 0.1) is 18.8 Å². The van der Waals surface area contributed by atoms with Crippen LogP contribution in [-0.4, -0.2) is 37.0 Å². The molecule has 1 atom stereocenters. The van der Waals surface area contributed by atoms with Gasteiger partial charge in [0, 0.05) is 25.8 Å². The van der Waals surface area contributed by atoms with Gasteiger partial charge in [0.05, 0.1) is 5.69 Å². The van der Waals surface area contributed by atoms with Gasteiger partial charge in [-0.25, -0.2) is 9.97 Å². The highest BCUT2D eigenvalue weighted by Crippen LogP contribution is 2.44. The van der Waals surface area contributed by atoms with Crippen molar-refractivity contribution in [1.29, 1.82) is 0 Å². The molecule has 1 N–H and O–H groups in total. The summed E-state index contributed by atoms with van der Waals surface area (Å²) in [6, 6.07) is 0. The van der Waals surface area contributed by atoms with Gasteiger partial charge in [-0.3, -0.25) is 0 Å². The Kier molecular flexibility index (Phi) is 5.97. The van der Waals surface area contributed by atoms with E-state index in [2.05, 4.69) is 20.5 Å². The van der Waals surface area contributed by atoms with Crippen molar-refractivity contribution in [3.8, 4) is 11.6 Å². The molecule has 0 spiro atoms. The summed E-state index contributed by atoms with van der Waals surface area (Å²) in [6.45, 7) is 2.87. The van der Waals surface area contributed by atoms with Crippen molar-refractivity contribution in [2.24, 2.45) is 18.9 Å². The Hall–Kier alpha value is -2.55. The van der Waals surface area contributed by atoms with E-state index in [1.165, 1.54) is 44.1 Å². The molecule has 3 aromatic heterocycles. The normalized spacial score (nSPS) is 20.1. The summed E-state index contributed by atoms with van der Waals surface area (Å²) in [4.78, 5) is 9.13. The Morgan fingerprint density at radius 2 is 2.12 bits per heavy atom. The van der Waals surface area contributed by atoms with Crippen molar-refractivity contribution in [2.45, 2.75) is 69.9 Å². The van der Waals surface area contributed by atoms with E-state index in [0.717, 1.165) is 78.0 Å². The van der Waals surface area contributed by atoms with E-state index < -0.39 is 0 Å². The first-order valence-corrected chi connectivity index (χ1v) is 13.5. The summed E-state index contributed by atoms with van der Waals surface area (Å²) in [7, 11) is 1.99. The lowest BCUT2D eigenvalue weighted by molar-refractivity contribution is 0.467. The van der Waals surface area contributed by atoms with Crippen LogP contribution in [0.1, 0.15) is 68.6 Å². The van der Waals surface area contributed by atoms with E-state index >= 15 is 0 Å². The smallest absolute Gasteiger partial charge is 0.221 e. The Bertz CT molecular complexity index is 1200. The van der Waals surface area contributed by atoms with Crippen LogP contribution >= 0.6 is 11.8 Å². The monoisotopic (exact) mass is 480 g/mol. The van der Waals surface area contributed by atoms with Crippen LogP contribution in [0.15, 0.2) is 26.0 Å². The second-order valence-electron chi connectivity index (χ2n) is 9.83. The number of rotatable bonds is 8. The molecule has 0 bridgehead atoms. The Morgan fingerprint density at radius 1 is 1.21 bits per heavy atom. The number of aromatic nitrogens is 5. The number of nitrogens with one attached hydrogen (secondary N) is 1. The number of aryl methyl sites for hydroxylation is 1. The van der Waals surface area contributed by atoms with Crippen molar-refractivity contribution >= 4 is 23.2 Å². The SMILES string of the molecule is Cc1ncoc1-c1nnc(SCCCC2CCCC3=C2CCNc2oc(CC4CC4)nc23)n1C. The largest absolute Gasteiger partial charge is 0.440 e. The molecule has 180 valence electrons. The molecular weight excluding hydrogens is 448 g/mol. The average molecular weight is 481 g/mol. The average Bonchev–Trinajstić information content (AvgIpc) is 3.30. The van der Waals surface area contributed by atoms with E-state index in [9.17, 15) is 0 Å². The van der Waals surface area contributed by atoms with Crippen LogP contribution < -0.4 is 5.32 Å². The van der Waals surface area contributed by atoms with Gasteiger partial charge in [0.25, 0.3) is 0 Å². The van der Waals surface area contributed by atoms with Gasteiger partial charge in [0.15, 0.2) is 23.2 Å². The molecule has 0 aromatic carbocycles. The summed E-state index contributed by atoms with van der Waals surface area (Å²) in [6.07, 6.45) is 12.2. The zero-order valence-corrected chi connectivity index (χ0v) is 20.8. The summed E-state index contributed by atoms with van der Waals surface area (Å²) >= 11 is 1.77. The minimum atomic E-state index is 0.646. The quantitative estimate of drug-likeness (QED) is 0.326. The molecule has 0 saturated heterocycles. The molecule has 2 aliphatic carbocycles. The maximum Gasteiger partial charge on any atom is 0.221 e. The molecule has 4 heterocycles. The van der Waals surface area contributed by atoms with Gasteiger partial charge in [0.2, 0.25) is 11.7 Å². The van der Waals surface area contributed by atoms with Gasteiger partial charge in [-0.15, -0.1) is 10.2 Å². The van der Waals surface area contributed by atoms with E-state index in [-0.39, 0.29) is 0 Å². The predicted molar refractivity (Wildman–Crippen MR) is 131 cm³/mol. The van der Waals surface area contributed by atoms with Crippen molar-refractivity contribution in [2.75, 3.05) is 17.6 Å². The fraction of sp³-hybridized carbons (Fsp3) is 0.600. The van der Waals surface area contributed by atoms with E-state index in [1.807, 2.05) is 18.5 Å². The first-order chi connectivity index (χ1) is 16.7. The lowest BCUT2D eigenvalue weighted by Gasteiger charge is -2.27. The second kappa shape index (κ2) is 9.24. The Labute approximate surface area is 204 Å². The van der Waals surface area contributed by atoms with Gasteiger partial charge in [0.1, 0.15) is 5.69 Å². The third-order valence-corrected chi connectivity index (χ3v) is 8.48. The summed E-state index contributed by atoms with van der Waals surface area (Å²) in [5, 5.41) is 13.1. The molecule has 3 aliphatic rings. The minimum Gasteiger partial charge on any atom is -0.440 e. The standard InChI is InChI=1S/C25H32N6O2S/c1-15-22(32-14-27-15)23-29-30-25(31(23)2)34-12-4-6-17-5-3-7-19-18(17)10-11-26-24-21(19)28-20(33-24)13-16-8-9-16/h14,16-17,26H,3-13H2,1-2H3. The minimum absolute atomic E-state index is 0.646. The molecule has 3 aromatic rings. The zero-order chi connectivity index (χ0) is 23.1. The fourth-order valence-electron chi connectivity index (χ4n) is 5.35. The van der Waals surface area contributed by atoms with Gasteiger partial charge in [-0.1, -0.05) is 17.3 Å². The molecule has 9 heteroatoms. The van der Waals surface area contributed by atoms with Crippen molar-refractivity contribution in [1.82, 2.24) is 24.7 Å². The number of fused-ring (bicyclic) bond motifs is 2. The molecule has 34 heavy (non-hydrogen) atoms. The summed E-state index contributed by atoms with van der Waals surface area (Å²) in [5.74, 6) is 5.73. The molecular formula is C25H32N6O2S. The first-order valence-electron chi connectivity index (χ1n) is 12.6. The maximum atomic E-state index is 6.13. The molecule has 8 nitrogen and oxygen atoms in total. The number of hydrogen-bond acceptors (Lipinski definition) is 8. The number of anilines is 1. The summed E-state index contributed by atoms with van der Waals surface area (Å²) < 4.78 is 13.6. The topological polar surface area (TPSA) is 94.8 Å². The highest BCUT2D eigenvalue weighted by molar-refractivity contribution is 7.99. The van der Waals surface area contributed by atoms with Gasteiger partial charge < -0.3 is 18.7 Å².